The normalized spacial score (nSPS) is 17.0. The molecule has 1 saturated heterocycles. The Bertz CT molecular complexity index is 789. The molecule has 1 unspecified atom stereocenters. The fourth-order valence-corrected chi connectivity index (χ4v) is 3.26. The van der Waals surface area contributed by atoms with Crippen molar-refractivity contribution in [3.63, 3.8) is 0 Å². The van der Waals surface area contributed by atoms with Crippen molar-refractivity contribution in [2.75, 3.05) is 6.54 Å². The molecule has 0 aromatic heterocycles. The molecule has 0 aliphatic carbocycles. The number of alkyl carbamates (subject to hydrolysis) is 1. The molecule has 0 saturated carbocycles. The molecule has 9 heteroatoms. The molecule has 31 heavy (non-hydrogen) atoms. The van der Waals surface area contributed by atoms with Gasteiger partial charge in [-0.05, 0) is 45.6 Å². The molecule has 1 fully saturated rings. The molecule has 0 spiro atoms. The van der Waals surface area contributed by atoms with Gasteiger partial charge in [-0.2, -0.15) is 0 Å². The molecule has 170 valence electrons. The van der Waals surface area contributed by atoms with Crippen LogP contribution in [0.5, 0.6) is 0 Å². The van der Waals surface area contributed by atoms with Crippen LogP contribution in [-0.4, -0.2) is 58.2 Å². The third kappa shape index (κ3) is 7.92. The average Bonchev–Trinajstić information content (AvgIpc) is 3.19. The third-order valence-corrected chi connectivity index (χ3v) is 4.70. The highest BCUT2D eigenvalue weighted by atomic mass is 16.6. The quantitative estimate of drug-likeness (QED) is 0.603. The van der Waals surface area contributed by atoms with Gasteiger partial charge < -0.3 is 24.8 Å². The predicted octanol–water partition coefficient (Wildman–Crippen LogP) is 2.48. The predicted molar refractivity (Wildman–Crippen MR) is 111 cm³/mol. The summed E-state index contributed by atoms with van der Waals surface area (Å²) in [5.41, 5.74) is 0.0205. The highest BCUT2D eigenvalue weighted by molar-refractivity contribution is 5.86. The summed E-state index contributed by atoms with van der Waals surface area (Å²) >= 11 is 0. The maximum absolute atomic E-state index is 12.6. The van der Waals surface area contributed by atoms with Crippen molar-refractivity contribution in [1.82, 2.24) is 10.2 Å². The molecule has 1 aromatic rings. The first kappa shape index (κ1) is 24.2. The molecular formula is C22H30N2O7. The number of amides is 2. The number of carboxylic acid groups (broad SMARTS) is 1. The lowest BCUT2D eigenvalue weighted by Gasteiger charge is -2.24. The maximum Gasteiger partial charge on any atom is 0.408 e. The largest absolute Gasteiger partial charge is 0.480 e. The summed E-state index contributed by atoms with van der Waals surface area (Å²) in [7, 11) is 0. The number of benzene rings is 1. The van der Waals surface area contributed by atoms with E-state index in [0.717, 1.165) is 5.56 Å². The van der Waals surface area contributed by atoms with Crippen LogP contribution in [0.25, 0.3) is 0 Å². The number of carbonyl (C=O) groups is 4. The molecule has 1 aliphatic heterocycles. The van der Waals surface area contributed by atoms with Crippen molar-refractivity contribution in [2.45, 2.75) is 70.7 Å². The minimum Gasteiger partial charge on any atom is -0.480 e. The topological polar surface area (TPSA) is 122 Å². The Hall–Kier alpha value is -3.10. The van der Waals surface area contributed by atoms with Gasteiger partial charge in [0.25, 0.3) is 0 Å². The van der Waals surface area contributed by atoms with Crippen molar-refractivity contribution < 1.29 is 33.8 Å². The van der Waals surface area contributed by atoms with E-state index in [0.29, 0.717) is 19.4 Å². The summed E-state index contributed by atoms with van der Waals surface area (Å²) < 4.78 is 10.5. The van der Waals surface area contributed by atoms with Crippen molar-refractivity contribution in [2.24, 2.45) is 0 Å². The third-order valence-electron chi connectivity index (χ3n) is 4.70. The number of rotatable bonds is 8. The lowest BCUT2D eigenvalue weighted by Crippen LogP contribution is -2.45. The zero-order valence-corrected chi connectivity index (χ0v) is 18.1. The van der Waals surface area contributed by atoms with Crippen molar-refractivity contribution in [3.8, 4) is 0 Å². The van der Waals surface area contributed by atoms with E-state index in [1.807, 2.05) is 18.2 Å². The molecule has 2 N–H and O–H groups in total. The van der Waals surface area contributed by atoms with Crippen LogP contribution in [0.1, 0.15) is 52.0 Å². The van der Waals surface area contributed by atoms with E-state index in [2.05, 4.69) is 5.32 Å². The van der Waals surface area contributed by atoms with E-state index >= 15 is 0 Å². The summed E-state index contributed by atoms with van der Waals surface area (Å²) in [4.78, 5) is 50.0. The van der Waals surface area contributed by atoms with Gasteiger partial charge in [0.1, 0.15) is 24.3 Å². The van der Waals surface area contributed by atoms with Gasteiger partial charge in [0.2, 0.25) is 5.91 Å². The van der Waals surface area contributed by atoms with Crippen molar-refractivity contribution in [1.29, 1.82) is 0 Å². The van der Waals surface area contributed by atoms with Crippen molar-refractivity contribution >= 4 is 23.9 Å². The maximum atomic E-state index is 12.6. The molecule has 1 aromatic carbocycles. The Balaban J connectivity index is 2.00. The second-order valence-electron chi connectivity index (χ2n) is 8.41. The molecule has 2 atom stereocenters. The second kappa shape index (κ2) is 10.8. The van der Waals surface area contributed by atoms with Gasteiger partial charge >= 0.3 is 18.0 Å². The zero-order chi connectivity index (χ0) is 23.0. The molecule has 1 heterocycles. The van der Waals surface area contributed by atoms with E-state index in [9.17, 15) is 24.3 Å². The summed E-state index contributed by atoms with van der Waals surface area (Å²) in [5.74, 6) is -2.12. The Morgan fingerprint density at radius 2 is 1.87 bits per heavy atom. The molecular weight excluding hydrogens is 404 g/mol. The lowest BCUT2D eigenvalue weighted by atomic mass is 10.1. The SMILES string of the molecule is CC(C)(C)OC(=O)NC(CCC(=O)N1CCC[C@H]1C(=O)O)C(=O)OCc1ccccc1. The first-order chi connectivity index (χ1) is 14.6. The van der Waals surface area contributed by atoms with Crippen LogP contribution in [0.4, 0.5) is 4.79 Å². The number of esters is 1. The number of hydrogen-bond acceptors (Lipinski definition) is 6. The molecule has 9 nitrogen and oxygen atoms in total. The fourth-order valence-electron chi connectivity index (χ4n) is 3.26. The highest BCUT2D eigenvalue weighted by Gasteiger charge is 2.34. The standard InChI is InChI=1S/C22H30N2O7/c1-22(2,3)31-21(29)23-16(20(28)30-14-15-8-5-4-6-9-15)11-12-18(25)24-13-7-10-17(24)19(26)27/h4-6,8-9,16-17H,7,10-14H2,1-3H3,(H,23,29)(H,26,27)/t16?,17-/m0/s1. The Morgan fingerprint density at radius 1 is 1.19 bits per heavy atom. The second-order valence-corrected chi connectivity index (χ2v) is 8.41. The van der Waals surface area contributed by atoms with Crippen LogP contribution in [0, 0.1) is 0 Å². The van der Waals surface area contributed by atoms with Crippen LogP contribution in [0.15, 0.2) is 30.3 Å². The summed E-state index contributed by atoms with van der Waals surface area (Å²) in [5, 5.41) is 11.7. The Labute approximate surface area is 181 Å². The van der Waals surface area contributed by atoms with E-state index in [-0.39, 0.29) is 25.4 Å². The van der Waals surface area contributed by atoms with E-state index in [1.54, 1.807) is 32.9 Å². The van der Waals surface area contributed by atoms with Gasteiger partial charge in [0.05, 0.1) is 0 Å². The molecule has 0 radical (unpaired) electrons. The van der Waals surface area contributed by atoms with Gasteiger partial charge in [-0.15, -0.1) is 0 Å². The van der Waals surface area contributed by atoms with E-state index in [4.69, 9.17) is 9.47 Å². The summed E-state index contributed by atoms with van der Waals surface area (Å²) in [6, 6.07) is 7.11. The van der Waals surface area contributed by atoms with Crippen LogP contribution < -0.4 is 5.32 Å². The van der Waals surface area contributed by atoms with Crippen LogP contribution >= 0.6 is 0 Å². The van der Waals surface area contributed by atoms with Gasteiger partial charge in [-0.25, -0.2) is 14.4 Å². The molecule has 2 amide bonds. The number of aliphatic carboxylic acids is 1. The van der Waals surface area contributed by atoms with Gasteiger partial charge in [0, 0.05) is 13.0 Å². The van der Waals surface area contributed by atoms with Crippen LogP contribution in [-0.2, 0) is 30.5 Å². The monoisotopic (exact) mass is 434 g/mol. The number of nitrogens with one attached hydrogen (secondary N) is 1. The lowest BCUT2D eigenvalue weighted by molar-refractivity contribution is -0.150. The van der Waals surface area contributed by atoms with Gasteiger partial charge in [-0.1, -0.05) is 30.3 Å². The number of carbonyl (C=O) groups excluding carboxylic acids is 3. The number of nitrogens with zero attached hydrogens (tertiary/aromatic N) is 1. The Morgan fingerprint density at radius 3 is 2.48 bits per heavy atom. The number of hydrogen-bond donors (Lipinski definition) is 2. The van der Waals surface area contributed by atoms with Gasteiger partial charge in [0.15, 0.2) is 0 Å². The molecule has 1 aliphatic rings. The van der Waals surface area contributed by atoms with E-state index < -0.39 is 35.7 Å². The van der Waals surface area contributed by atoms with Crippen LogP contribution in [0.2, 0.25) is 0 Å². The number of carboxylic acids is 1. The zero-order valence-electron chi connectivity index (χ0n) is 18.1. The van der Waals surface area contributed by atoms with E-state index in [1.165, 1.54) is 4.90 Å². The first-order valence-corrected chi connectivity index (χ1v) is 10.3. The summed E-state index contributed by atoms with van der Waals surface area (Å²) in [6.45, 7) is 5.46. The molecule has 0 bridgehead atoms. The summed E-state index contributed by atoms with van der Waals surface area (Å²) in [6.07, 6.45) is 0.0756. The number of ether oxygens (including phenoxy) is 2. The smallest absolute Gasteiger partial charge is 0.408 e. The Kier molecular flexibility index (Phi) is 8.41. The average molecular weight is 434 g/mol. The fraction of sp³-hybridized carbons (Fsp3) is 0.545. The van der Waals surface area contributed by atoms with Gasteiger partial charge in [-0.3, -0.25) is 4.79 Å². The minimum absolute atomic E-state index is 0.0212. The van der Waals surface area contributed by atoms with Crippen molar-refractivity contribution in [3.05, 3.63) is 35.9 Å². The molecule has 2 rings (SSSR count). The minimum atomic E-state index is -1.10. The first-order valence-electron chi connectivity index (χ1n) is 10.3. The van der Waals surface area contributed by atoms with Crippen LogP contribution in [0.3, 0.4) is 0 Å². The highest BCUT2D eigenvalue weighted by Crippen LogP contribution is 2.19. The number of likely N-dealkylation sites (tertiary alicyclic amines) is 1.